The third-order valence-corrected chi connectivity index (χ3v) is 1.31. The van der Waals surface area contributed by atoms with Gasteiger partial charge in [-0.1, -0.05) is 0 Å². The van der Waals surface area contributed by atoms with Gasteiger partial charge in [0.25, 0.3) is 0 Å². The second-order valence-electron chi connectivity index (χ2n) is 2.02. The quantitative estimate of drug-likeness (QED) is 0.516. The lowest BCUT2D eigenvalue weighted by Crippen LogP contribution is -2.16. The van der Waals surface area contributed by atoms with Gasteiger partial charge in [-0.3, -0.25) is 4.79 Å². The summed E-state index contributed by atoms with van der Waals surface area (Å²) in [7, 11) is 0. The molecular formula is C6H10NO2. The van der Waals surface area contributed by atoms with E-state index in [1.807, 2.05) is 6.29 Å². The van der Waals surface area contributed by atoms with Crippen molar-refractivity contribution in [2.45, 2.75) is 12.5 Å². The van der Waals surface area contributed by atoms with E-state index in [2.05, 4.69) is 5.32 Å². The Kier molecular flexibility index (Phi) is 2.67. The summed E-state index contributed by atoms with van der Waals surface area (Å²) in [6.45, 7) is 2.33. The molecule has 1 atom stereocenters. The molecule has 1 unspecified atom stereocenters. The van der Waals surface area contributed by atoms with E-state index in [-0.39, 0.29) is 6.10 Å². The van der Waals surface area contributed by atoms with Crippen LogP contribution in [-0.4, -0.2) is 32.1 Å². The first kappa shape index (κ1) is 6.71. The molecule has 0 aliphatic carbocycles. The third-order valence-electron chi connectivity index (χ3n) is 1.31. The first-order chi connectivity index (χ1) is 4.43. The first-order valence-corrected chi connectivity index (χ1v) is 3.13. The SMILES string of the molecule is O=[C]C1CCNCCO1. The maximum absolute atomic E-state index is 10.0. The second kappa shape index (κ2) is 3.58. The molecule has 1 aliphatic heterocycles. The molecule has 1 rings (SSSR count). The minimum atomic E-state index is -0.292. The summed E-state index contributed by atoms with van der Waals surface area (Å²) < 4.78 is 5.07. The van der Waals surface area contributed by atoms with E-state index in [0.717, 1.165) is 19.5 Å². The molecule has 0 aromatic carbocycles. The fourth-order valence-corrected chi connectivity index (χ4v) is 0.808. The van der Waals surface area contributed by atoms with Crippen molar-refractivity contribution >= 4 is 6.29 Å². The van der Waals surface area contributed by atoms with E-state index < -0.39 is 0 Å². The average Bonchev–Trinajstić information content (AvgIpc) is 2.13. The number of hydrogen-bond donors (Lipinski definition) is 1. The van der Waals surface area contributed by atoms with Crippen LogP contribution in [0.3, 0.4) is 0 Å². The van der Waals surface area contributed by atoms with Crippen molar-refractivity contribution < 1.29 is 9.53 Å². The Labute approximate surface area is 54.4 Å². The van der Waals surface area contributed by atoms with E-state index in [1.54, 1.807) is 0 Å². The summed E-state index contributed by atoms with van der Waals surface area (Å²) in [5, 5.41) is 3.11. The summed E-state index contributed by atoms with van der Waals surface area (Å²) in [6, 6.07) is 0. The minimum Gasteiger partial charge on any atom is -0.369 e. The van der Waals surface area contributed by atoms with Crippen molar-refractivity contribution in [3.8, 4) is 0 Å². The molecule has 1 saturated heterocycles. The molecule has 51 valence electrons. The molecular weight excluding hydrogens is 118 g/mol. The zero-order valence-electron chi connectivity index (χ0n) is 5.22. The zero-order chi connectivity index (χ0) is 6.53. The first-order valence-electron chi connectivity index (χ1n) is 3.13. The molecule has 0 aromatic heterocycles. The molecule has 0 amide bonds. The predicted octanol–water partition coefficient (Wildman–Crippen LogP) is -0.525. The minimum absolute atomic E-state index is 0.292. The lowest BCUT2D eigenvalue weighted by molar-refractivity contribution is 0.109. The average molecular weight is 128 g/mol. The van der Waals surface area contributed by atoms with Crippen LogP contribution in [0.5, 0.6) is 0 Å². The molecule has 3 nitrogen and oxygen atoms in total. The maximum Gasteiger partial charge on any atom is 0.229 e. The van der Waals surface area contributed by atoms with Gasteiger partial charge in [-0.2, -0.15) is 0 Å². The largest absolute Gasteiger partial charge is 0.369 e. The molecule has 0 aromatic rings. The van der Waals surface area contributed by atoms with Gasteiger partial charge in [0, 0.05) is 6.54 Å². The van der Waals surface area contributed by atoms with E-state index in [1.165, 1.54) is 0 Å². The lowest BCUT2D eigenvalue weighted by Gasteiger charge is -2.02. The van der Waals surface area contributed by atoms with Gasteiger partial charge in [0.05, 0.1) is 6.61 Å². The fourth-order valence-electron chi connectivity index (χ4n) is 0.808. The Hall–Kier alpha value is -0.410. The molecule has 0 saturated carbocycles. The Morgan fingerprint density at radius 2 is 2.44 bits per heavy atom. The van der Waals surface area contributed by atoms with Gasteiger partial charge in [-0.25, -0.2) is 0 Å². The molecule has 3 heteroatoms. The monoisotopic (exact) mass is 128 g/mol. The fraction of sp³-hybridized carbons (Fsp3) is 0.833. The highest BCUT2D eigenvalue weighted by atomic mass is 16.5. The molecule has 1 heterocycles. The highest BCUT2D eigenvalue weighted by Gasteiger charge is 2.10. The summed E-state index contributed by atoms with van der Waals surface area (Å²) in [5.74, 6) is 0. The van der Waals surface area contributed by atoms with Gasteiger partial charge in [0.15, 0.2) is 0 Å². The van der Waals surface area contributed by atoms with E-state index in [0.29, 0.717) is 6.61 Å². The molecule has 0 spiro atoms. The van der Waals surface area contributed by atoms with Gasteiger partial charge < -0.3 is 10.1 Å². The number of ether oxygens (including phenoxy) is 1. The van der Waals surface area contributed by atoms with Crippen LogP contribution >= 0.6 is 0 Å². The van der Waals surface area contributed by atoms with Crippen LogP contribution in [0, 0.1) is 0 Å². The van der Waals surface area contributed by atoms with Crippen LogP contribution in [0.25, 0.3) is 0 Å². The van der Waals surface area contributed by atoms with Crippen molar-refractivity contribution in [3.05, 3.63) is 0 Å². The highest BCUT2D eigenvalue weighted by Crippen LogP contribution is 1.96. The predicted molar refractivity (Wildman–Crippen MR) is 32.9 cm³/mol. The number of hydrogen-bond acceptors (Lipinski definition) is 3. The number of nitrogens with one attached hydrogen (secondary N) is 1. The Morgan fingerprint density at radius 1 is 1.56 bits per heavy atom. The van der Waals surface area contributed by atoms with E-state index in [4.69, 9.17) is 4.74 Å². The standard InChI is InChI=1S/C6H10NO2/c8-5-6-1-2-7-3-4-9-6/h6-7H,1-4H2. The van der Waals surface area contributed by atoms with E-state index >= 15 is 0 Å². The van der Waals surface area contributed by atoms with E-state index in [9.17, 15) is 4.79 Å². The third kappa shape index (κ3) is 2.11. The Balaban J connectivity index is 2.26. The van der Waals surface area contributed by atoms with Crippen molar-refractivity contribution in [1.29, 1.82) is 0 Å². The van der Waals surface area contributed by atoms with Crippen LogP contribution in [0.2, 0.25) is 0 Å². The van der Waals surface area contributed by atoms with Gasteiger partial charge in [-0.05, 0) is 13.0 Å². The maximum atomic E-state index is 10.0. The van der Waals surface area contributed by atoms with Crippen molar-refractivity contribution in [1.82, 2.24) is 5.32 Å². The van der Waals surface area contributed by atoms with Crippen LogP contribution < -0.4 is 5.32 Å². The molecule has 1 fully saturated rings. The number of rotatable bonds is 1. The molecule has 0 bridgehead atoms. The van der Waals surface area contributed by atoms with Gasteiger partial charge in [0.1, 0.15) is 6.10 Å². The molecule has 9 heavy (non-hydrogen) atoms. The number of carbonyl (C=O) groups excluding carboxylic acids is 1. The van der Waals surface area contributed by atoms with Crippen LogP contribution in [-0.2, 0) is 9.53 Å². The van der Waals surface area contributed by atoms with Crippen molar-refractivity contribution in [3.63, 3.8) is 0 Å². The normalized spacial score (nSPS) is 29.1. The van der Waals surface area contributed by atoms with Crippen LogP contribution in [0.15, 0.2) is 0 Å². The summed E-state index contributed by atoms with van der Waals surface area (Å²) in [6.07, 6.45) is 2.29. The van der Waals surface area contributed by atoms with Crippen molar-refractivity contribution in [2.24, 2.45) is 0 Å². The molecule has 1 aliphatic rings. The second-order valence-corrected chi connectivity index (χ2v) is 2.02. The summed E-state index contributed by atoms with van der Waals surface area (Å²) in [5.41, 5.74) is 0. The smallest absolute Gasteiger partial charge is 0.229 e. The lowest BCUT2D eigenvalue weighted by atomic mass is 10.3. The van der Waals surface area contributed by atoms with Crippen LogP contribution in [0.1, 0.15) is 6.42 Å². The summed E-state index contributed by atoms with van der Waals surface area (Å²) >= 11 is 0. The van der Waals surface area contributed by atoms with Crippen molar-refractivity contribution in [2.75, 3.05) is 19.7 Å². The van der Waals surface area contributed by atoms with Gasteiger partial charge >= 0.3 is 0 Å². The highest BCUT2D eigenvalue weighted by molar-refractivity contribution is 5.56. The van der Waals surface area contributed by atoms with Crippen LogP contribution in [0.4, 0.5) is 0 Å². The zero-order valence-corrected chi connectivity index (χ0v) is 5.22. The van der Waals surface area contributed by atoms with Gasteiger partial charge in [0.2, 0.25) is 6.29 Å². The Morgan fingerprint density at radius 3 is 3.22 bits per heavy atom. The molecule has 1 radical (unpaired) electrons. The van der Waals surface area contributed by atoms with Gasteiger partial charge in [-0.15, -0.1) is 0 Å². The topological polar surface area (TPSA) is 38.3 Å². The Bertz CT molecular complexity index is 87.1. The molecule has 1 N–H and O–H groups in total. The summed E-state index contributed by atoms with van der Waals surface area (Å²) in [4.78, 5) is 10.0.